The number of hydrogen-bond donors (Lipinski definition) is 1. The number of likely N-dealkylation sites (tertiary alicyclic amines) is 1. The highest BCUT2D eigenvalue weighted by molar-refractivity contribution is 5.83. The summed E-state index contributed by atoms with van der Waals surface area (Å²) in [5.41, 5.74) is 0.839. The van der Waals surface area contributed by atoms with Crippen LogP contribution in [-0.2, 0) is 16.0 Å². The molecule has 1 aromatic carbocycles. The second-order valence-electron chi connectivity index (χ2n) is 10.2. The third kappa shape index (κ3) is 3.80. The lowest BCUT2D eigenvalue weighted by Gasteiger charge is -2.56. The van der Waals surface area contributed by atoms with Gasteiger partial charge in [0.25, 0.3) is 0 Å². The number of carbonyl (C=O) groups is 1. The summed E-state index contributed by atoms with van der Waals surface area (Å²) < 4.78 is 5.48. The van der Waals surface area contributed by atoms with Gasteiger partial charge in [-0.2, -0.15) is 0 Å². The second kappa shape index (κ2) is 8.60. The van der Waals surface area contributed by atoms with E-state index in [-0.39, 0.29) is 12.5 Å². The minimum Gasteiger partial charge on any atom is -0.395 e. The Bertz CT molecular complexity index is 733. The Balaban J connectivity index is 1.29. The largest absolute Gasteiger partial charge is 0.395 e. The Morgan fingerprint density at radius 3 is 2.67 bits per heavy atom. The molecule has 4 fully saturated rings. The number of ether oxygens (including phenoxy) is 1. The van der Waals surface area contributed by atoms with Crippen molar-refractivity contribution in [1.29, 1.82) is 0 Å². The molecule has 0 radical (unpaired) electrons. The Kier molecular flexibility index (Phi) is 5.87. The van der Waals surface area contributed by atoms with Crippen molar-refractivity contribution in [3.8, 4) is 0 Å². The van der Waals surface area contributed by atoms with E-state index in [0.29, 0.717) is 50.0 Å². The fraction of sp³-hybridized carbons (Fsp3) is 0.720. The highest BCUT2D eigenvalue weighted by atomic mass is 16.5. The van der Waals surface area contributed by atoms with Gasteiger partial charge in [0.1, 0.15) is 0 Å². The van der Waals surface area contributed by atoms with Crippen molar-refractivity contribution in [2.24, 2.45) is 17.3 Å². The standard InChI is InChI=1S/C25H36N2O3/c28-18-25(9-11-30-12-10-25)24(29)26-15-20-13-21(17-26)23-8-4-7-22(27(23)16-20)14-19-5-2-1-3-6-19/h1-3,5-6,20-23,28H,4,7-18H2/t20-,21+,22+,23-/m0/s1. The van der Waals surface area contributed by atoms with Crippen LogP contribution in [0.5, 0.6) is 0 Å². The number of hydrogen-bond acceptors (Lipinski definition) is 4. The van der Waals surface area contributed by atoms with E-state index < -0.39 is 5.41 Å². The molecule has 5 heteroatoms. The van der Waals surface area contributed by atoms with Crippen molar-refractivity contribution < 1.29 is 14.6 Å². The first kappa shape index (κ1) is 20.5. The normalized spacial score (nSPS) is 33.7. The molecule has 4 aliphatic rings. The van der Waals surface area contributed by atoms with E-state index in [0.717, 1.165) is 26.1 Å². The summed E-state index contributed by atoms with van der Waals surface area (Å²) >= 11 is 0. The van der Waals surface area contributed by atoms with Crippen LogP contribution in [0.1, 0.15) is 44.1 Å². The third-order valence-electron chi connectivity index (χ3n) is 8.32. The van der Waals surface area contributed by atoms with Crippen molar-refractivity contribution in [3.05, 3.63) is 35.9 Å². The highest BCUT2D eigenvalue weighted by Gasteiger charge is 2.49. The van der Waals surface area contributed by atoms with Gasteiger partial charge in [-0.05, 0) is 55.9 Å². The van der Waals surface area contributed by atoms with Crippen LogP contribution in [0, 0.1) is 17.3 Å². The SMILES string of the molecule is O=C(N1C[C@@H]2C[C@H](C1)[C@@H]1CCC[C@H](Cc3ccccc3)N1C2)C1(CO)CCOCC1. The first-order chi connectivity index (χ1) is 14.7. The molecule has 2 bridgehead atoms. The van der Waals surface area contributed by atoms with Gasteiger partial charge in [0.05, 0.1) is 12.0 Å². The average molecular weight is 413 g/mol. The summed E-state index contributed by atoms with van der Waals surface area (Å²) in [6.07, 6.45) is 7.58. The van der Waals surface area contributed by atoms with Crippen molar-refractivity contribution in [2.75, 3.05) is 39.5 Å². The van der Waals surface area contributed by atoms with E-state index >= 15 is 0 Å². The Morgan fingerprint density at radius 1 is 1.10 bits per heavy atom. The van der Waals surface area contributed by atoms with Crippen molar-refractivity contribution in [1.82, 2.24) is 9.80 Å². The lowest BCUT2D eigenvalue weighted by atomic mass is 9.72. The average Bonchev–Trinajstić information content (AvgIpc) is 2.80. The van der Waals surface area contributed by atoms with E-state index in [1.54, 1.807) is 0 Å². The maximum atomic E-state index is 13.5. The molecule has 1 amide bonds. The Hall–Kier alpha value is -1.43. The van der Waals surface area contributed by atoms with E-state index in [9.17, 15) is 9.90 Å². The number of nitrogens with zero attached hydrogens (tertiary/aromatic N) is 2. The van der Waals surface area contributed by atoms with Gasteiger partial charge >= 0.3 is 0 Å². The molecule has 4 heterocycles. The van der Waals surface area contributed by atoms with E-state index in [1.807, 2.05) is 0 Å². The molecular weight excluding hydrogens is 376 g/mol. The molecule has 0 unspecified atom stereocenters. The summed E-state index contributed by atoms with van der Waals surface area (Å²) in [6.45, 7) is 3.99. The van der Waals surface area contributed by atoms with Gasteiger partial charge in [-0.15, -0.1) is 0 Å². The molecule has 4 atom stereocenters. The fourth-order valence-electron chi connectivity index (χ4n) is 6.72. The maximum absolute atomic E-state index is 13.5. The molecule has 30 heavy (non-hydrogen) atoms. The van der Waals surface area contributed by atoms with Gasteiger partial charge in [-0.3, -0.25) is 9.69 Å². The smallest absolute Gasteiger partial charge is 0.231 e. The zero-order chi connectivity index (χ0) is 20.6. The van der Waals surface area contributed by atoms with E-state index in [4.69, 9.17) is 4.74 Å². The molecule has 1 N–H and O–H groups in total. The number of aliphatic hydroxyl groups excluding tert-OH is 1. The lowest BCUT2D eigenvalue weighted by Crippen LogP contribution is -2.64. The van der Waals surface area contributed by atoms with E-state index in [1.165, 1.54) is 31.2 Å². The van der Waals surface area contributed by atoms with Gasteiger partial charge in [0.2, 0.25) is 5.91 Å². The van der Waals surface area contributed by atoms with Gasteiger partial charge < -0.3 is 14.7 Å². The first-order valence-electron chi connectivity index (χ1n) is 12.0. The van der Waals surface area contributed by atoms with Gasteiger partial charge in [-0.25, -0.2) is 0 Å². The number of fused-ring (bicyclic) bond motifs is 4. The molecule has 4 saturated heterocycles. The first-order valence-corrected chi connectivity index (χ1v) is 12.0. The third-order valence-corrected chi connectivity index (χ3v) is 8.32. The Morgan fingerprint density at radius 2 is 1.90 bits per heavy atom. The van der Waals surface area contributed by atoms with Crippen LogP contribution in [0.3, 0.4) is 0 Å². The summed E-state index contributed by atoms with van der Waals surface area (Å²) in [5.74, 6) is 1.33. The fourth-order valence-corrected chi connectivity index (χ4v) is 6.72. The Labute approximate surface area is 180 Å². The molecule has 0 spiro atoms. The zero-order valence-corrected chi connectivity index (χ0v) is 18.0. The van der Waals surface area contributed by atoms with Crippen molar-refractivity contribution >= 4 is 5.91 Å². The molecule has 0 aliphatic carbocycles. The van der Waals surface area contributed by atoms with Crippen LogP contribution in [0.2, 0.25) is 0 Å². The zero-order valence-electron chi connectivity index (χ0n) is 18.0. The van der Waals surface area contributed by atoms with Crippen LogP contribution in [0.25, 0.3) is 0 Å². The van der Waals surface area contributed by atoms with Crippen molar-refractivity contribution in [2.45, 2.75) is 57.0 Å². The minimum atomic E-state index is -0.605. The predicted octanol–water partition coefficient (Wildman–Crippen LogP) is 2.72. The van der Waals surface area contributed by atoms with Crippen LogP contribution in [0.4, 0.5) is 0 Å². The molecule has 4 aliphatic heterocycles. The van der Waals surface area contributed by atoms with Crippen molar-refractivity contribution in [3.63, 3.8) is 0 Å². The van der Waals surface area contributed by atoms with Gasteiger partial charge in [-0.1, -0.05) is 36.8 Å². The van der Waals surface area contributed by atoms with Crippen LogP contribution >= 0.6 is 0 Å². The number of benzene rings is 1. The topological polar surface area (TPSA) is 53.0 Å². The van der Waals surface area contributed by atoms with Crippen LogP contribution < -0.4 is 0 Å². The lowest BCUT2D eigenvalue weighted by molar-refractivity contribution is -0.158. The van der Waals surface area contributed by atoms with Crippen LogP contribution in [-0.4, -0.2) is 72.4 Å². The molecule has 1 aromatic rings. The number of amides is 1. The molecule has 5 rings (SSSR count). The summed E-state index contributed by atoms with van der Waals surface area (Å²) in [7, 11) is 0. The highest BCUT2D eigenvalue weighted by Crippen LogP contribution is 2.42. The van der Waals surface area contributed by atoms with Gasteiger partial charge in [0, 0.05) is 44.9 Å². The molecule has 5 nitrogen and oxygen atoms in total. The number of aliphatic hydroxyl groups is 1. The summed E-state index contributed by atoms with van der Waals surface area (Å²) in [4.78, 5) is 18.4. The second-order valence-corrected chi connectivity index (χ2v) is 10.2. The minimum absolute atomic E-state index is 0.0459. The predicted molar refractivity (Wildman–Crippen MR) is 116 cm³/mol. The maximum Gasteiger partial charge on any atom is 0.231 e. The molecule has 164 valence electrons. The van der Waals surface area contributed by atoms with Gasteiger partial charge in [0.15, 0.2) is 0 Å². The monoisotopic (exact) mass is 412 g/mol. The number of carbonyl (C=O) groups excluding carboxylic acids is 1. The summed E-state index contributed by atoms with van der Waals surface area (Å²) in [6, 6.07) is 12.2. The van der Waals surface area contributed by atoms with E-state index in [2.05, 4.69) is 40.1 Å². The quantitative estimate of drug-likeness (QED) is 0.826. The number of rotatable bonds is 4. The number of piperidine rings is 3. The molecule has 0 aromatic heterocycles. The summed E-state index contributed by atoms with van der Waals surface area (Å²) in [5, 5.41) is 10.1. The molecular formula is C25H36N2O3. The molecule has 0 saturated carbocycles. The van der Waals surface area contributed by atoms with Crippen LogP contribution in [0.15, 0.2) is 30.3 Å².